The second-order valence-electron chi connectivity index (χ2n) is 7.16. The van der Waals surface area contributed by atoms with E-state index in [1.54, 1.807) is 12.3 Å². The van der Waals surface area contributed by atoms with Gasteiger partial charge in [-0.1, -0.05) is 18.2 Å². The minimum atomic E-state index is -1.27. The lowest BCUT2D eigenvalue weighted by molar-refractivity contribution is -0.142. The number of aromatic amines is 1. The third kappa shape index (κ3) is 5.69. The Hall–Kier alpha value is -4.21. The number of carboxylic acid groups (broad SMARTS) is 2. The van der Waals surface area contributed by atoms with Gasteiger partial charge >= 0.3 is 11.9 Å². The maximum Gasteiger partial charge on any atom is 0.326 e. The van der Waals surface area contributed by atoms with Crippen molar-refractivity contribution in [2.45, 2.75) is 31.3 Å². The third-order valence-electron chi connectivity index (χ3n) is 4.91. The number of fused-ring (bicyclic) bond motifs is 1. The predicted molar refractivity (Wildman–Crippen MR) is 114 cm³/mol. The van der Waals surface area contributed by atoms with Crippen LogP contribution >= 0.6 is 0 Å². The molecule has 10 nitrogen and oxygen atoms in total. The fourth-order valence-electron chi connectivity index (χ4n) is 3.27. The maximum absolute atomic E-state index is 12.8. The predicted octanol–water partition coefficient (Wildman–Crippen LogP) is 1.34. The van der Waals surface area contributed by atoms with Crippen LogP contribution in [0.5, 0.6) is 0 Å². The summed E-state index contributed by atoms with van der Waals surface area (Å²) < 4.78 is 0. The monoisotopic (exact) mass is 438 g/mol. The van der Waals surface area contributed by atoms with Crippen LogP contribution in [0.2, 0.25) is 0 Å². The lowest BCUT2D eigenvalue weighted by Crippen LogP contribution is -2.52. The van der Waals surface area contributed by atoms with Crippen molar-refractivity contribution in [2.24, 2.45) is 0 Å². The van der Waals surface area contributed by atoms with Gasteiger partial charge in [-0.05, 0) is 30.2 Å². The zero-order valence-corrected chi connectivity index (χ0v) is 16.9. The van der Waals surface area contributed by atoms with Gasteiger partial charge in [-0.25, -0.2) is 4.79 Å². The first-order chi connectivity index (χ1) is 15.3. The van der Waals surface area contributed by atoms with Crippen molar-refractivity contribution in [1.29, 1.82) is 0 Å². The number of amides is 2. The molecule has 2 heterocycles. The summed E-state index contributed by atoms with van der Waals surface area (Å²) in [4.78, 5) is 54.9. The summed E-state index contributed by atoms with van der Waals surface area (Å²) in [6.45, 7) is 0. The smallest absolute Gasteiger partial charge is 0.326 e. The number of para-hydroxylation sites is 1. The number of pyridine rings is 1. The van der Waals surface area contributed by atoms with Crippen LogP contribution in [0.25, 0.3) is 10.9 Å². The third-order valence-corrected chi connectivity index (χ3v) is 4.91. The van der Waals surface area contributed by atoms with E-state index in [-0.39, 0.29) is 24.8 Å². The first-order valence-electron chi connectivity index (χ1n) is 9.86. The van der Waals surface area contributed by atoms with Crippen LogP contribution in [0.15, 0.2) is 55.0 Å². The van der Waals surface area contributed by atoms with Crippen molar-refractivity contribution in [3.05, 3.63) is 66.1 Å². The number of rotatable bonds is 10. The molecule has 0 saturated carbocycles. The Balaban J connectivity index is 1.74. The molecule has 1 aromatic carbocycles. The highest BCUT2D eigenvalue weighted by molar-refractivity contribution is 5.98. The molecule has 3 rings (SSSR count). The van der Waals surface area contributed by atoms with Gasteiger partial charge in [0.25, 0.3) is 5.91 Å². The number of carbonyl (C=O) groups is 4. The van der Waals surface area contributed by atoms with E-state index in [1.807, 2.05) is 24.3 Å². The van der Waals surface area contributed by atoms with Crippen LogP contribution in [0.4, 0.5) is 0 Å². The van der Waals surface area contributed by atoms with E-state index in [4.69, 9.17) is 5.11 Å². The van der Waals surface area contributed by atoms with E-state index in [1.165, 1.54) is 18.5 Å². The molecule has 0 radical (unpaired) electrons. The zero-order chi connectivity index (χ0) is 23.1. The van der Waals surface area contributed by atoms with E-state index in [2.05, 4.69) is 20.6 Å². The largest absolute Gasteiger partial charge is 0.481 e. The van der Waals surface area contributed by atoms with Gasteiger partial charge in [-0.15, -0.1) is 0 Å². The fraction of sp³-hybridized carbons (Fsp3) is 0.227. The van der Waals surface area contributed by atoms with Crippen molar-refractivity contribution in [1.82, 2.24) is 20.6 Å². The number of nitrogens with zero attached hydrogens (tertiary/aromatic N) is 1. The molecule has 0 spiro atoms. The second-order valence-corrected chi connectivity index (χ2v) is 7.16. The molecule has 0 bridgehead atoms. The number of H-pyrrole nitrogens is 1. The van der Waals surface area contributed by atoms with Crippen LogP contribution < -0.4 is 10.6 Å². The summed E-state index contributed by atoms with van der Waals surface area (Å²) in [5.74, 6) is -3.80. The summed E-state index contributed by atoms with van der Waals surface area (Å²) >= 11 is 0. The van der Waals surface area contributed by atoms with Gasteiger partial charge in [0, 0.05) is 42.3 Å². The summed E-state index contributed by atoms with van der Waals surface area (Å²) in [5, 5.41) is 24.3. The number of nitrogens with one attached hydrogen (secondary N) is 3. The van der Waals surface area contributed by atoms with Crippen LogP contribution in [0.1, 0.15) is 28.8 Å². The highest BCUT2D eigenvalue weighted by Crippen LogP contribution is 2.19. The molecule has 32 heavy (non-hydrogen) atoms. The zero-order valence-electron chi connectivity index (χ0n) is 16.9. The molecule has 2 amide bonds. The van der Waals surface area contributed by atoms with E-state index in [0.717, 1.165) is 10.9 Å². The molecule has 0 aliphatic rings. The average molecular weight is 438 g/mol. The normalized spacial score (nSPS) is 12.6. The first-order valence-corrected chi connectivity index (χ1v) is 9.86. The van der Waals surface area contributed by atoms with Crippen molar-refractivity contribution in [3.8, 4) is 0 Å². The molecule has 2 atom stereocenters. The average Bonchev–Trinajstić information content (AvgIpc) is 3.19. The molecular weight excluding hydrogens is 416 g/mol. The number of hydrogen-bond acceptors (Lipinski definition) is 5. The van der Waals surface area contributed by atoms with Gasteiger partial charge in [0.05, 0.1) is 5.56 Å². The van der Waals surface area contributed by atoms with Crippen LogP contribution in [-0.4, -0.2) is 56.0 Å². The van der Waals surface area contributed by atoms with Gasteiger partial charge in [0.15, 0.2) is 0 Å². The lowest BCUT2D eigenvalue weighted by Gasteiger charge is -2.21. The molecule has 166 valence electrons. The standard InChI is InChI=1S/C22H22N4O6/c27-19(28)8-7-17(25-20(29)13-4-3-9-23-11-13)21(30)26-18(22(31)32)10-14-12-24-16-6-2-1-5-15(14)16/h1-6,9,11-12,17-18,24H,7-8,10H2,(H,25,29)(H,26,30)(H,27,28)(H,31,32)/t17-,18-/m0/s1. The molecule has 0 aliphatic carbocycles. The van der Waals surface area contributed by atoms with E-state index in [9.17, 15) is 24.3 Å². The Morgan fingerprint density at radius 1 is 1.00 bits per heavy atom. The number of aliphatic carboxylic acids is 2. The van der Waals surface area contributed by atoms with E-state index in [0.29, 0.717) is 5.56 Å². The van der Waals surface area contributed by atoms with E-state index < -0.39 is 35.8 Å². The van der Waals surface area contributed by atoms with Crippen LogP contribution in [0, 0.1) is 0 Å². The van der Waals surface area contributed by atoms with E-state index >= 15 is 0 Å². The summed E-state index contributed by atoms with van der Waals surface area (Å²) in [6, 6.07) is 7.89. The van der Waals surface area contributed by atoms with Gasteiger partial charge in [0.1, 0.15) is 12.1 Å². The molecule has 0 unspecified atom stereocenters. The number of carboxylic acids is 2. The molecule has 3 aromatic rings. The molecule has 0 fully saturated rings. The van der Waals surface area contributed by atoms with Crippen molar-refractivity contribution >= 4 is 34.7 Å². The quantitative estimate of drug-likeness (QED) is 0.319. The molecular formula is C22H22N4O6. The van der Waals surface area contributed by atoms with Crippen LogP contribution in [-0.2, 0) is 20.8 Å². The Kier molecular flexibility index (Phi) is 7.17. The topological polar surface area (TPSA) is 161 Å². The van der Waals surface area contributed by atoms with Crippen LogP contribution in [0.3, 0.4) is 0 Å². The fourth-order valence-corrected chi connectivity index (χ4v) is 3.27. The minimum absolute atomic E-state index is 0.00723. The maximum atomic E-state index is 12.8. The first kappa shape index (κ1) is 22.5. The highest BCUT2D eigenvalue weighted by Gasteiger charge is 2.28. The Morgan fingerprint density at radius 3 is 2.47 bits per heavy atom. The molecule has 10 heteroatoms. The minimum Gasteiger partial charge on any atom is -0.481 e. The number of benzene rings is 1. The SMILES string of the molecule is O=C(O)CC[C@H](NC(=O)c1cccnc1)C(=O)N[C@@H](Cc1c[nH]c2ccccc12)C(=O)O. The number of carbonyl (C=O) groups excluding carboxylic acids is 2. The summed E-state index contributed by atoms with van der Waals surface area (Å²) in [5.41, 5.74) is 1.73. The van der Waals surface area contributed by atoms with Gasteiger partial charge in [0.2, 0.25) is 5.91 Å². The van der Waals surface area contributed by atoms with Gasteiger partial charge < -0.3 is 25.8 Å². The highest BCUT2D eigenvalue weighted by atomic mass is 16.4. The van der Waals surface area contributed by atoms with Crippen molar-refractivity contribution in [2.75, 3.05) is 0 Å². The lowest BCUT2D eigenvalue weighted by atomic mass is 10.0. The molecule has 5 N–H and O–H groups in total. The Labute approximate surface area is 182 Å². The molecule has 2 aromatic heterocycles. The molecule has 0 aliphatic heterocycles. The van der Waals surface area contributed by atoms with Crippen molar-refractivity contribution < 1.29 is 29.4 Å². The second kappa shape index (κ2) is 10.2. The number of aromatic nitrogens is 2. The summed E-state index contributed by atoms with van der Waals surface area (Å²) in [6.07, 6.45) is 3.89. The van der Waals surface area contributed by atoms with Gasteiger partial charge in [-0.2, -0.15) is 0 Å². The Morgan fingerprint density at radius 2 is 1.78 bits per heavy atom. The molecule has 0 saturated heterocycles. The van der Waals surface area contributed by atoms with Crippen molar-refractivity contribution in [3.63, 3.8) is 0 Å². The number of hydrogen-bond donors (Lipinski definition) is 5. The summed E-state index contributed by atoms with van der Waals surface area (Å²) in [7, 11) is 0. The Bertz CT molecular complexity index is 1130. The van der Waals surface area contributed by atoms with Gasteiger partial charge in [-0.3, -0.25) is 19.4 Å².